The maximum absolute atomic E-state index is 12.1. The van der Waals surface area contributed by atoms with E-state index in [2.05, 4.69) is 0 Å². The third kappa shape index (κ3) is 3.75. The fraction of sp³-hybridized carbons (Fsp3) is 0.533. The van der Waals surface area contributed by atoms with Crippen molar-refractivity contribution in [2.75, 3.05) is 24.6 Å². The van der Waals surface area contributed by atoms with Gasteiger partial charge in [0.05, 0.1) is 12.6 Å². The predicted octanol–water partition coefficient (Wildman–Crippen LogP) is 1.66. The van der Waals surface area contributed by atoms with Crippen molar-refractivity contribution in [1.29, 1.82) is 0 Å². The van der Waals surface area contributed by atoms with Crippen molar-refractivity contribution in [2.24, 2.45) is 0 Å². The lowest BCUT2D eigenvalue weighted by atomic mass is 10.1. The molecule has 0 radical (unpaired) electrons. The van der Waals surface area contributed by atoms with Gasteiger partial charge in [-0.25, -0.2) is 0 Å². The van der Waals surface area contributed by atoms with E-state index in [0.29, 0.717) is 23.8 Å². The molecule has 0 saturated carbocycles. The number of ether oxygens (including phenoxy) is 1. The van der Waals surface area contributed by atoms with E-state index in [9.17, 15) is 9.35 Å². The van der Waals surface area contributed by atoms with Crippen LogP contribution in [-0.2, 0) is 16.0 Å². The first kappa shape index (κ1) is 15.4. The van der Waals surface area contributed by atoms with E-state index in [1.807, 2.05) is 43.9 Å². The normalized spacial score (nSPS) is 23.6. The lowest BCUT2D eigenvalue weighted by molar-refractivity contribution is -0.136. The summed E-state index contributed by atoms with van der Waals surface area (Å²) in [6, 6.07) is 5.98. The smallest absolute Gasteiger partial charge is 0.325 e. The summed E-state index contributed by atoms with van der Waals surface area (Å²) in [5, 5.41) is 0. The second-order valence-corrected chi connectivity index (χ2v) is 6.95. The number of para-hydroxylation sites is 1. The van der Waals surface area contributed by atoms with E-state index in [4.69, 9.17) is 4.74 Å². The number of benzene rings is 1. The molecule has 110 valence electrons. The number of esters is 1. The van der Waals surface area contributed by atoms with Crippen molar-refractivity contribution >= 4 is 17.1 Å². The fourth-order valence-electron chi connectivity index (χ4n) is 2.40. The van der Waals surface area contributed by atoms with Crippen LogP contribution in [0.1, 0.15) is 18.1 Å². The summed E-state index contributed by atoms with van der Waals surface area (Å²) in [4.78, 5) is 14.1. The maximum atomic E-state index is 12.1. The SMILES string of the molecule is Cc1cccc(C)c1OC(=O)CN1CC[S+]([O-])CC1C. The zero-order valence-electron chi connectivity index (χ0n) is 12.2. The number of carbonyl (C=O) groups is 1. The average molecular weight is 295 g/mol. The van der Waals surface area contributed by atoms with Gasteiger partial charge in [-0.05, 0) is 31.9 Å². The molecule has 2 atom stereocenters. The second-order valence-electron chi connectivity index (χ2n) is 5.33. The standard InChI is InChI=1S/C15H21NO3S/c1-11-5-4-6-12(2)15(11)19-14(17)9-16-7-8-20(18)10-13(16)3/h4-6,13H,7-10H2,1-3H3. The molecule has 4 nitrogen and oxygen atoms in total. The van der Waals surface area contributed by atoms with Gasteiger partial charge in [-0.1, -0.05) is 29.4 Å². The van der Waals surface area contributed by atoms with Crippen LogP contribution in [0.5, 0.6) is 5.75 Å². The second kappa shape index (κ2) is 6.61. The summed E-state index contributed by atoms with van der Waals surface area (Å²) in [5.41, 5.74) is 1.93. The number of nitrogens with zero attached hydrogens (tertiary/aromatic N) is 1. The van der Waals surface area contributed by atoms with Gasteiger partial charge in [0.15, 0.2) is 0 Å². The van der Waals surface area contributed by atoms with E-state index in [-0.39, 0.29) is 18.6 Å². The molecule has 1 saturated heterocycles. The summed E-state index contributed by atoms with van der Waals surface area (Å²) >= 11 is -0.745. The molecule has 0 amide bonds. The van der Waals surface area contributed by atoms with Crippen LogP contribution < -0.4 is 4.74 Å². The van der Waals surface area contributed by atoms with Crippen LogP contribution in [-0.4, -0.2) is 46.1 Å². The van der Waals surface area contributed by atoms with E-state index in [0.717, 1.165) is 11.1 Å². The van der Waals surface area contributed by atoms with Gasteiger partial charge in [0.1, 0.15) is 17.3 Å². The summed E-state index contributed by atoms with van der Waals surface area (Å²) in [5.74, 6) is 1.69. The molecular formula is C15H21NO3S. The highest BCUT2D eigenvalue weighted by Gasteiger charge is 2.28. The van der Waals surface area contributed by atoms with Gasteiger partial charge in [0, 0.05) is 6.54 Å². The molecule has 1 aromatic rings. The number of carbonyl (C=O) groups excluding carboxylic acids is 1. The Hall–Kier alpha value is -1.04. The Labute approximate surface area is 123 Å². The van der Waals surface area contributed by atoms with Crippen molar-refractivity contribution in [3.05, 3.63) is 29.3 Å². The Morgan fingerprint density at radius 3 is 2.70 bits per heavy atom. The number of aryl methyl sites for hydroxylation is 2. The topological polar surface area (TPSA) is 52.6 Å². The van der Waals surface area contributed by atoms with Gasteiger partial charge in [-0.3, -0.25) is 9.69 Å². The molecule has 1 heterocycles. The lowest BCUT2D eigenvalue weighted by Crippen LogP contribution is -2.49. The molecule has 2 unspecified atom stereocenters. The first-order valence-corrected chi connectivity index (χ1v) is 8.32. The molecule has 20 heavy (non-hydrogen) atoms. The molecule has 1 aliphatic heterocycles. The maximum Gasteiger partial charge on any atom is 0.325 e. The largest absolute Gasteiger partial charge is 0.616 e. The van der Waals surface area contributed by atoms with Crippen molar-refractivity contribution in [3.63, 3.8) is 0 Å². The summed E-state index contributed by atoms with van der Waals surface area (Å²) < 4.78 is 17.0. The van der Waals surface area contributed by atoms with Crippen molar-refractivity contribution in [1.82, 2.24) is 4.90 Å². The van der Waals surface area contributed by atoms with Gasteiger partial charge in [-0.15, -0.1) is 0 Å². The molecular weight excluding hydrogens is 274 g/mol. The van der Waals surface area contributed by atoms with Crippen LogP contribution in [0, 0.1) is 13.8 Å². The predicted molar refractivity (Wildman–Crippen MR) is 80.5 cm³/mol. The number of hydrogen-bond acceptors (Lipinski definition) is 4. The average Bonchev–Trinajstić information content (AvgIpc) is 2.37. The summed E-state index contributed by atoms with van der Waals surface area (Å²) in [7, 11) is 0. The van der Waals surface area contributed by atoms with Crippen LogP contribution in [0.3, 0.4) is 0 Å². The van der Waals surface area contributed by atoms with E-state index < -0.39 is 11.2 Å². The molecule has 0 aliphatic carbocycles. The molecule has 1 fully saturated rings. The minimum atomic E-state index is -0.745. The van der Waals surface area contributed by atoms with Crippen LogP contribution in [0.25, 0.3) is 0 Å². The van der Waals surface area contributed by atoms with Gasteiger partial charge in [0.2, 0.25) is 0 Å². The van der Waals surface area contributed by atoms with E-state index in [1.54, 1.807) is 0 Å². The molecule has 1 aliphatic rings. The minimum absolute atomic E-state index is 0.162. The fourth-order valence-corrected chi connectivity index (χ4v) is 3.76. The van der Waals surface area contributed by atoms with Crippen molar-refractivity contribution < 1.29 is 14.1 Å². The third-order valence-electron chi connectivity index (χ3n) is 3.61. The van der Waals surface area contributed by atoms with E-state index in [1.165, 1.54) is 0 Å². The molecule has 1 aromatic carbocycles. The first-order valence-electron chi connectivity index (χ1n) is 6.83. The highest BCUT2D eigenvalue weighted by atomic mass is 32.2. The molecule has 0 bridgehead atoms. The Bertz CT molecular complexity index is 472. The Morgan fingerprint density at radius 2 is 2.10 bits per heavy atom. The summed E-state index contributed by atoms with van der Waals surface area (Å²) in [6.07, 6.45) is 0. The van der Waals surface area contributed by atoms with Crippen LogP contribution in [0.15, 0.2) is 18.2 Å². The molecule has 0 aromatic heterocycles. The van der Waals surface area contributed by atoms with Gasteiger partial charge in [-0.2, -0.15) is 0 Å². The van der Waals surface area contributed by atoms with E-state index >= 15 is 0 Å². The monoisotopic (exact) mass is 295 g/mol. The molecule has 0 spiro atoms. The lowest BCUT2D eigenvalue weighted by Gasteiger charge is -2.33. The van der Waals surface area contributed by atoms with Crippen LogP contribution >= 0.6 is 0 Å². The minimum Gasteiger partial charge on any atom is -0.616 e. The zero-order chi connectivity index (χ0) is 14.7. The van der Waals surface area contributed by atoms with Gasteiger partial charge in [0.25, 0.3) is 0 Å². The van der Waals surface area contributed by atoms with Gasteiger partial charge >= 0.3 is 5.97 Å². The Kier molecular flexibility index (Phi) is 5.07. The van der Waals surface area contributed by atoms with Crippen LogP contribution in [0.4, 0.5) is 0 Å². The highest BCUT2D eigenvalue weighted by molar-refractivity contribution is 7.91. The molecule has 5 heteroatoms. The zero-order valence-corrected chi connectivity index (χ0v) is 13.0. The molecule has 2 rings (SSSR count). The highest BCUT2D eigenvalue weighted by Crippen LogP contribution is 2.22. The number of hydrogen-bond donors (Lipinski definition) is 0. The quantitative estimate of drug-likeness (QED) is 0.483. The Morgan fingerprint density at radius 1 is 1.45 bits per heavy atom. The number of rotatable bonds is 3. The summed E-state index contributed by atoms with van der Waals surface area (Å²) in [6.45, 7) is 6.82. The Balaban J connectivity index is 1.96. The third-order valence-corrected chi connectivity index (χ3v) is 5.11. The first-order chi connectivity index (χ1) is 9.47. The van der Waals surface area contributed by atoms with Gasteiger partial charge < -0.3 is 9.29 Å². The molecule has 0 N–H and O–H groups in total. The van der Waals surface area contributed by atoms with Crippen molar-refractivity contribution in [2.45, 2.75) is 26.8 Å². The van der Waals surface area contributed by atoms with Crippen molar-refractivity contribution in [3.8, 4) is 5.75 Å². The van der Waals surface area contributed by atoms with Crippen LogP contribution in [0.2, 0.25) is 0 Å².